The molecular formula is C13H17F3N2O3. The number of anilines is 1. The van der Waals surface area contributed by atoms with Crippen molar-refractivity contribution in [1.29, 1.82) is 0 Å². The first kappa shape index (κ1) is 17.1. The Labute approximate surface area is 120 Å². The van der Waals surface area contributed by atoms with Crippen LogP contribution in [-0.2, 0) is 0 Å². The summed E-state index contributed by atoms with van der Waals surface area (Å²) in [6.07, 6.45) is 0.697. The summed E-state index contributed by atoms with van der Waals surface area (Å²) in [5.41, 5.74) is 0.109. The molecule has 8 heteroatoms. The number of urea groups is 1. The van der Waals surface area contributed by atoms with Gasteiger partial charge in [0.1, 0.15) is 0 Å². The highest BCUT2D eigenvalue weighted by Gasteiger charge is 2.14. The van der Waals surface area contributed by atoms with Gasteiger partial charge in [-0.1, -0.05) is 6.92 Å². The second-order valence-electron chi connectivity index (χ2n) is 4.16. The van der Waals surface area contributed by atoms with Crippen molar-refractivity contribution in [3.05, 3.63) is 24.0 Å². The Balaban J connectivity index is 2.73. The lowest BCUT2D eigenvalue weighted by molar-refractivity contribution is -0.0521. The zero-order chi connectivity index (χ0) is 15.8. The van der Waals surface area contributed by atoms with E-state index in [0.717, 1.165) is 12.1 Å². The minimum Gasteiger partial charge on any atom is -0.432 e. The van der Waals surface area contributed by atoms with Crippen LogP contribution in [0.5, 0.6) is 5.75 Å². The molecular weight excluding hydrogens is 289 g/mol. The molecule has 0 aliphatic heterocycles. The number of nitrogens with one attached hydrogen (secondary N) is 1. The van der Waals surface area contributed by atoms with Crippen LogP contribution < -0.4 is 10.1 Å². The average Bonchev–Trinajstić information content (AvgIpc) is 2.41. The molecule has 5 nitrogen and oxygen atoms in total. The van der Waals surface area contributed by atoms with Crippen molar-refractivity contribution in [3.63, 3.8) is 0 Å². The summed E-state index contributed by atoms with van der Waals surface area (Å²) in [4.78, 5) is 13.3. The topological polar surface area (TPSA) is 61.8 Å². The van der Waals surface area contributed by atoms with Gasteiger partial charge in [0.25, 0.3) is 0 Å². The third-order valence-corrected chi connectivity index (χ3v) is 2.55. The second kappa shape index (κ2) is 8.35. The maximum Gasteiger partial charge on any atom is 0.387 e. The summed E-state index contributed by atoms with van der Waals surface area (Å²) in [6, 6.07) is 2.64. The highest BCUT2D eigenvalue weighted by Crippen LogP contribution is 2.23. The van der Waals surface area contributed by atoms with E-state index in [0.29, 0.717) is 13.0 Å². The monoisotopic (exact) mass is 306 g/mol. The number of halogens is 3. The van der Waals surface area contributed by atoms with Crippen molar-refractivity contribution in [3.8, 4) is 5.75 Å². The van der Waals surface area contributed by atoms with Gasteiger partial charge in [-0.15, -0.1) is 0 Å². The molecule has 0 aliphatic carbocycles. The van der Waals surface area contributed by atoms with Crippen LogP contribution in [0.15, 0.2) is 18.2 Å². The number of alkyl halides is 2. The van der Waals surface area contributed by atoms with Crippen molar-refractivity contribution < 1.29 is 27.8 Å². The van der Waals surface area contributed by atoms with E-state index < -0.39 is 24.2 Å². The smallest absolute Gasteiger partial charge is 0.387 e. The molecule has 118 valence electrons. The molecule has 0 unspecified atom stereocenters. The van der Waals surface area contributed by atoms with Gasteiger partial charge in [-0.2, -0.15) is 8.78 Å². The van der Waals surface area contributed by atoms with Crippen LogP contribution in [0.2, 0.25) is 0 Å². The molecule has 0 aromatic heterocycles. The maximum absolute atomic E-state index is 13.5. The Morgan fingerprint density at radius 3 is 2.67 bits per heavy atom. The summed E-state index contributed by atoms with van der Waals surface area (Å²) in [6.45, 7) is -0.864. The van der Waals surface area contributed by atoms with Gasteiger partial charge in [-0.25, -0.2) is 9.18 Å². The van der Waals surface area contributed by atoms with E-state index in [1.807, 2.05) is 6.92 Å². The normalized spacial score (nSPS) is 10.6. The Bertz CT molecular complexity index is 466. The summed E-state index contributed by atoms with van der Waals surface area (Å²) in [5.74, 6) is -1.60. The lowest BCUT2D eigenvalue weighted by Gasteiger charge is -2.21. The molecule has 21 heavy (non-hydrogen) atoms. The van der Waals surface area contributed by atoms with Gasteiger partial charge < -0.3 is 20.1 Å². The summed E-state index contributed by atoms with van der Waals surface area (Å²) >= 11 is 0. The molecule has 0 saturated carbocycles. The SMILES string of the molecule is CCCN(CCO)C(=O)Nc1ccc(OC(F)F)c(F)c1. The van der Waals surface area contributed by atoms with Crippen molar-refractivity contribution in [2.24, 2.45) is 0 Å². The van der Waals surface area contributed by atoms with Crippen LogP contribution in [0.25, 0.3) is 0 Å². The van der Waals surface area contributed by atoms with E-state index >= 15 is 0 Å². The first-order valence-electron chi connectivity index (χ1n) is 6.39. The Hall–Kier alpha value is -1.96. The zero-order valence-corrected chi connectivity index (χ0v) is 11.5. The zero-order valence-electron chi connectivity index (χ0n) is 11.5. The fourth-order valence-corrected chi connectivity index (χ4v) is 1.68. The Morgan fingerprint density at radius 2 is 2.14 bits per heavy atom. The molecule has 0 atom stereocenters. The number of aliphatic hydroxyl groups is 1. The number of rotatable bonds is 7. The second-order valence-corrected chi connectivity index (χ2v) is 4.16. The molecule has 1 aromatic rings. The van der Waals surface area contributed by atoms with E-state index in [1.54, 1.807) is 0 Å². The minimum atomic E-state index is -3.12. The van der Waals surface area contributed by atoms with Crippen molar-refractivity contribution in [2.75, 3.05) is 25.0 Å². The van der Waals surface area contributed by atoms with Crippen LogP contribution in [0.1, 0.15) is 13.3 Å². The summed E-state index contributed by atoms with van der Waals surface area (Å²) < 4.78 is 41.5. The molecule has 1 rings (SSSR count). The van der Waals surface area contributed by atoms with E-state index in [4.69, 9.17) is 5.11 Å². The van der Waals surface area contributed by atoms with Crippen molar-refractivity contribution >= 4 is 11.7 Å². The summed E-state index contributed by atoms with van der Waals surface area (Å²) in [5, 5.41) is 11.3. The predicted molar refractivity (Wildman–Crippen MR) is 71.0 cm³/mol. The largest absolute Gasteiger partial charge is 0.432 e. The minimum absolute atomic E-state index is 0.109. The number of hydrogen-bond donors (Lipinski definition) is 2. The first-order valence-corrected chi connectivity index (χ1v) is 6.39. The van der Waals surface area contributed by atoms with Gasteiger partial charge in [0.05, 0.1) is 6.61 Å². The molecule has 0 spiro atoms. The van der Waals surface area contributed by atoms with Crippen LogP contribution >= 0.6 is 0 Å². The number of carbonyl (C=O) groups is 1. The number of carbonyl (C=O) groups excluding carboxylic acids is 1. The van der Waals surface area contributed by atoms with Gasteiger partial charge in [-0.05, 0) is 18.6 Å². The average molecular weight is 306 g/mol. The fraction of sp³-hybridized carbons (Fsp3) is 0.462. The predicted octanol–water partition coefficient (Wildman–Crippen LogP) is 2.66. The molecule has 1 aromatic carbocycles. The molecule has 0 radical (unpaired) electrons. The van der Waals surface area contributed by atoms with E-state index in [1.165, 1.54) is 11.0 Å². The number of nitrogens with zero attached hydrogens (tertiary/aromatic N) is 1. The van der Waals surface area contributed by atoms with E-state index in [9.17, 15) is 18.0 Å². The van der Waals surface area contributed by atoms with Gasteiger partial charge in [0.15, 0.2) is 11.6 Å². The van der Waals surface area contributed by atoms with Crippen LogP contribution in [0, 0.1) is 5.82 Å². The molecule has 0 bridgehead atoms. The quantitative estimate of drug-likeness (QED) is 0.814. The van der Waals surface area contributed by atoms with Crippen LogP contribution in [0.4, 0.5) is 23.7 Å². The number of hydrogen-bond acceptors (Lipinski definition) is 3. The number of aliphatic hydroxyl groups excluding tert-OH is 1. The molecule has 2 N–H and O–H groups in total. The Kier molecular flexibility index (Phi) is 6.80. The fourth-order valence-electron chi connectivity index (χ4n) is 1.68. The molecule has 0 fully saturated rings. The highest BCUT2D eigenvalue weighted by atomic mass is 19.3. The molecule has 2 amide bonds. The Morgan fingerprint density at radius 1 is 1.43 bits per heavy atom. The number of benzene rings is 1. The van der Waals surface area contributed by atoms with Gasteiger partial charge in [0, 0.05) is 24.8 Å². The third kappa shape index (κ3) is 5.50. The summed E-state index contributed by atoms with van der Waals surface area (Å²) in [7, 11) is 0. The van der Waals surface area contributed by atoms with E-state index in [-0.39, 0.29) is 18.8 Å². The first-order chi connectivity index (χ1) is 9.97. The molecule has 0 heterocycles. The van der Waals surface area contributed by atoms with Crippen LogP contribution in [-0.4, -0.2) is 42.3 Å². The lowest BCUT2D eigenvalue weighted by Crippen LogP contribution is -2.37. The van der Waals surface area contributed by atoms with Crippen LogP contribution in [0.3, 0.4) is 0 Å². The van der Waals surface area contributed by atoms with Crippen molar-refractivity contribution in [1.82, 2.24) is 4.90 Å². The third-order valence-electron chi connectivity index (χ3n) is 2.55. The van der Waals surface area contributed by atoms with E-state index in [2.05, 4.69) is 10.1 Å². The molecule has 0 aliphatic rings. The van der Waals surface area contributed by atoms with Gasteiger partial charge >= 0.3 is 12.6 Å². The highest BCUT2D eigenvalue weighted by molar-refractivity contribution is 5.89. The van der Waals surface area contributed by atoms with Crippen molar-refractivity contribution in [2.45, 2.75) is 20.0 Å². The standard InChI is InChI=1S/C13H17F3N2O3/c1-2-5-18(6-7-19)13(20)17-9-3-4-11(10(14)8-9)21-12(15)16/h3-4,8,12,19H,2,5-7H2,1H3,(H,17,20). The van der Waals surface area contributed by atoms with Gasteiger partial charge in [0.2, 0.25) is 0 Å². The number of ether oxygens (including phenoxy) is 1. The molecule has 0 saturated heterocycles. The maximum atomic E-state index is 13.5. The van der Waals surface area contributed by atoms with Gasteiger partial charge in [-0.3, -0.25) is 0 Å². The lowest BCUT2D eigenvalue weighted by atomic mass is 10.3. The number of amides is 2.